The molecule has 0 aliphatic carbocycles. The average Bonchev–Trinajstić information content (AvgIpc) is 1.85. The van der Waals surface area contributed by atoms with Gasteiger partial charge in [-0.3, -0.25) is 0 Å². The summed E-state index contributed by atoms with van der Waals surface area (Å²) in [5.74, 6) is 0. The number of rotatable bonds is 3. The predicted molar refractivity (Wildman–Crippen MR) is 56.3 cm³/mol. The molecule has 0 aromatic heterocycles. The fourth-order valence-electron chi connectivity index (χ4n) is 0.891. The third kappa shape index (κ3) is 6.24. The van der Waals surface area contributed by atoms with Crippen molar-refractivity contribution in [2.45, 2.75) is 39.4 Å². The van der Waals surface area contributed by atoms with Gasteiger partial charge in [-0.25, -0.2) is 0 Å². The van der Waals surface area contributed by atoms with Gasteiger partial charge in [0.15, 0.2) is 0 Å². The van der Waals surface area contributed by atoms with Crippen LogP contribution < -0.4 is 0 Å². The minimum Gasteiger partial charge on any atom is -0.171 e. The molecule has 0 amide bonds. The quantitative estimate of drug-likeness (QED) is 0.485. The molecule has 0 aliphatic rings. The first-order valence-corrected chi connectivity index (χ1v) is 4.52. The summed E-state index contributed by atoms with van der Waals surface area (Å²) in [4.78, 5) is 0. The third-order valence-electron chi connectivity index (χ3n) is 1.55. The molecule has 0 aliphatic heterocycles. The van der Waals surface area contributed by atoms with E-state index in [4.69, 9.17) is 0 Å². The van der Waals surface area contributed by atoms with Crippen molar-refractivity contribution in [1.29, 1.82) is 0 Å². The maximum atomic E-state index is 4.45. The van der Waals surface area contributed by atoms with Gasteiger partial charge in [0.2, 0.25) is 0 Å². The van der Waals surface area contributed by atoms with Crippen LogP contribution >= 0.6 is 12.6 Å². The standard InChI is InChI=1S/C10H18S/c1-5-9(4)7-10(11)6-8(2)3/h5-6,10-11H,7H2,1-4H3. The minimum atomic E-state index is 0.385. The molecule has 0 saturated carbocycles. The summed E-state index contributed by atoms with van der Waals surface area (Å²) >= 11 is 4.45. The summed E-state index contributed by atoms with van der Waals surface area (Å²) < 4.78 is 0. The van der Waals surface area contributed by atoms with Crippen LogP contribution in [0.4, 0.5) is 0 Å². The van der Waals surface area contributed by atoms with Crippen LogP contribution in [0.1, 0.15) is 34.1 Å². The zero-order valence-electron chi connectivity index (χ0n) is 7.89. The molecule has 0 aromatic carbocycles. The highest BCUT2D eigenvalue weighted by molar-refractivity contribution is 7.81. The largest absolute Gasteiger partial charge is 0.171 e. The van der Waals surface area contributed by atoms with Crippen LogP contribution in [0.2, 0.25) is 0 Å². The number of allylic oxidation sites excluding steroid dienone is 3. The normalized spacial score (nSPS) is 14.5. The van der Waals surface area contributed by atoms with Crippen LogP contribution in [0.15, 0.2) is 23.3 Å². The summed E-state index contributed by atoms with van der Waals surface area (Å²) in [6, 6.07) is 0. The molecule has 0 rings (SSSR count). The first kappa shape index (κ1) is 10.8. The van der Waals surface area contributed by atoms with Gasteiger partial charge in [0.25, 0.3) is 0 Å². The van der Waals surface area contributed by atoms with Gasteiger partial charge in [0.1, 0.15) is 0 Å². The van der Waals surface area contributed by atoms with Crippen molar-refractivity contribution in [1.82, 2.24) is 0 Å². The van der Waals surface area contributed by atoms with Crippen molar-refractivity contribution < 1.29 is 0 Å². The Morgan fingerprint density at radius 3 is 2.27 bits per heavy atom. The highest BCUT2D eigenvalue weighted by atomic mass is 32.1. The highest BCUT2D eigenvalue weighted by Gasteiger charge is 1.98. The van der Waals surface area contributed by atoms with Gasteiger partial charge in [-0.15, -0.1) is 0 Å². The molecule has 0 bridgehead atoms. The molecule has 1 unspecified atom stereocenters. The van der Waals surface area contributed by atoms with E-state index < -0.39 is 0 Å². The Hall–Kier alpha value is -0.170. The summed E-state index contributed by atoms with van der Waals surface area (Å²) in [5, 5.41) is 0.385. The molecule has 1 heteroatoms. The lowest BCUT2D eigenvalue weighted by Gasteiger charge is -2.05. The Morgan fingerprint density at radius 2 is 1.91 bits per heavy atom. The zero-order chi connectivity index (χ0) is 8.85. The number of hydrogen-bond donors (Lipinski definition) is 1. The molecule has 0 saturated heterocycles. The van der Waals surface area contributed by atoms with Gasteiger partial charge in [-0.05, 0) is 34.1 Å². The van der Waals surface area contributed by atoms with Crippen molar-refractivity contribution in [3.05, 3.63) is 23.3 Å². The maximum absolute atomic E-state index is 4.45. The Morgan fingerprint density at radius 1 is 1.36 bits per heavy atom. The van der Waals surface area contributed by atoms with E-state index in [2.05, 4.69) is 52.5 Å². The molecule has 0 nitrogen and oxygen atoms in total. The topological polar surface area (TPSA) is 0 Å². The van der Waals surface area contributed by atoms with E-state index in [9.17, 15) is 0 Å². The van der Waals surface area contributed by atoms with Crippen molar-refractivity contribution >= 4 is 12.6 Å². The molecule has 0 fully saturated rings. The SMILES string of the molecule is CC=C(C)CC(S)C=C(C)C. The van der Waals surface area contributed by atoms with Crippen molar-refractivity contribution in [2.24, 2.45) is 0 Å². The molecule has 0 N–H and O–H groups in total. The van der Waals surface area contributed by atoms with Gasteiger partial charge in [0.05, 0.1) is 0 Å². The Balaban J connectivity index is 3.88. The minimum absolute atomic E-state index is 0.385. The fraction of sp³-hybridized carbons (Fsp3) is 0.600. The van der Waals surface area contributed by atoms with Crippen molar-refractivity contribution in [2.75, 3.05) is 0 Å². The summed E-state index contributed by atoms with van der Waals surface area (Å²) in [6.45, 7) is 8.42. The molecule has 0 aromatic rings. The van der Waals surface area contributed by atoms with E-state index in [0.29, 0.717) is 5.25 Å². The smallest absolute Gasteiger partial charge is 0.0236 e. The Labute approximate surface area is 75.8 Å². The molecule has 11 heavy (non-hydrogen) atoms. The van der Waals surface area contributed by atoms with Crippen LogP contribution in [-0.2, 0) is 0 Å². The monoisotopic (exact) mass is 170 g/mol. The molecular formula is C10H18S. The Bertz CT molecular complexity index is 162. The molecule has 0 radical (unpaired) electrons. The molecule has 0 spiro atoms. The van der Waals surface area contributed by atoms with Crippen LogP contribution in [0.5, 0.6) is 0 Å². The molecule has 1 atom stereocenters. The second kappa shape index (κ2) is 5.48. The fourth-order valence-corrected chi connectivity index (χ4v) is 1.48. The van der Waals surface area contributed by atoms with Crippen LogP contribution in [0.3, 0.4) is 0 Å². The highest BCUT2D eigenvalue weighted by Crippen LogP contribution is 2.12. The lowest BCUT2D eigenvalue weighted by Crippen LogP contribution is -1.94. The van der Waals surface area contributed by atoms with Gasteiger partial charge < -0.3 is 0 Å². The van der Waals surface area contributed by atoms with E-state index in [-0.39, 0.29) is 0 Å². The Kier molecular flexibility index (Phi) is 5.39. The second-order valence-electron chi connectivity index (χ2n) is 3.15. The third-order valence-corrected chi connectivity index (χ3v) is 1.88. The number of thiol groups is 1. The van der Waals surface area contributed by atoms with Crippen LogP contribution in [0.25, 0.3) is 0 Å². The van der Waals surface area contributed by atoms with Crippen molar-refractivity contribution in [3.63, 3.8) is 0 Å². The van der Waals surface area contributed by atoms with E-state index in [1.165, 1.54) is 11.1 Å². The van der Waals surface area contributed by atoms with E-state index >= 15 is 0 Å². The van der Waals surface area contributed by atoms with E-state index in [1.807, 2.05) is 0 Å². The van der Waals surface area contributed by atoms with Crippen molar-refractivity contribution in [3.8, 4) is 0 Å². The van der Waals surface area contributed by atoms with Gasteiger partial charge in [-0.2, -0.15) is 12.6 Å². The van der Waals surface area contributed by atoms with Gasteiger partial charge in [-0.1, -0.05) is 23.3 Å². The first-order valence-electron chi connectivity index (χ1n) is 4.01. The molecule has 0 heterocycles. The van der Waals surface area contributed by atoms with Gasteiger partial charge in [0, 0.05) is 5.25 Å². The maximum Gasteiger partial charge on any atom is 0.0236 e. The van der Waals surface area contributed by atoms with Gasteiger partial charge >= 0.3 is 0 Å². The summed E-state index contributed by atoms with van der Waals surface area (Å²) in [7, 11) is 0. The molecule has 64 valence electrons. The summed E-state index contributed by atoms with van der Waals surface area (Å²) in [5.41, 5.74) is 2.75. The van der Waals surface area contributed by atoms with E-state index in [1.54, 1.807) is 0 Å². The van der Waals surface area contributed by atoms with E-state index in [0.717, 1.165) is 6.42 Å². The number of hydrogen-bond acceptors (Lipinski definition) is 1. The predicted octanol–water partition coefficient (Wildman–Crippen LogP) is 3.61. The lowest BCUT2D eigenvalue weighted by molar-refractivity contribution is 0.987. The zero-order valence-corrected chi connectivity index (χ0v) is 8.78. The average molecular weight is 170 g/mol. The van der Waals surface area contributed by atoms with Crippen LogP contribution in [-0.4, -0.2) is 5.25 Å². The second-order valence-corrected chi connectivity index (χ2v) is 3.81. The first-order chi connectivity index (χ1) is 5.06. The lowest BCUT2D eigenvalue weighted by atomic mass is 10.1. The summed E-state index contributed by atoms with van der Waals surface area (Å²) in [6.07, 6.45) is 5.39. The van der Waals surface area contributed by atoms with Crippen LogP contribution in [0, 0.1) is 0 Å². The molecular weight excluding hydrogens is 152 g/mol.